The summed E-state index contributed by atoms with van der Waals surface area (Å²) in [6.07, 6.45) is 5.87. The SMILES string of the molecule is Cc1noc(C)c1C(C)C(=O)N1CCCC1c1cnn(C)c1. The molecule has 1 fully saturated rings. The Morgan fingerprint density at radius 1 is 1.45 bits per heavy atom. The van der Waals surface area contributed by atoms with Crippen LogP contribution in [0.3, 0.4) is 0 Å². The first-order chi connectivity index (χ1) is 10.5. The number of aromatic nitrogens is 3. The minimum atomic E-state index is -0.233. The molecule has 118 valence electrons. The number of carbonyl (C=O) groups excluding carboxylic acids is 1. The Bertz CT molecular complexity index is 669. The Morgan fingerprint density at radius 2 is 2.23 bits per heavy atom. The molecule has 1 amide bonds. The maximum absolute atomic E-state index is 13.0. The lowest BCUT2D eigenvalue weighted by Gasteiger charge is -2.27. The molecule has 3 rings (SSSR count). The molecular weight excluding hydrogens is 280 g/mol. The minimum absolute atomic E-state index is 0.129. The average molecular weight is 302 g/mol. The van der Waals surface area contributed by atoms with Crippen LogP contribution in [0.15, 0.2) is 16.9 Å². The molecule has 22 heavy (non-hydrogen) atoms. The second-order valence-corrected chi connectivity index (χ2v) is 6.10. The summed E-state index contributed by atoms with van der Waals surface area (Å²) in [5.41, 5.74) is 2.83. The zero-order valence-corrected chi connectivity index (χ0v) is 13.5. The lowest BCUT2D eigenvalue weighted by atomic mass is 9.97. The standard InChI is InChI=1S/C16H22N4O2/c1-10(15-11(2)18-22-12(15)3)16(21)20-7-5-6-14(20)13-8-17-19(4)9-13/h8-10,14H,5-7H2,1-4H3. The van der Waals surface area contributed by atoms with Crippen LogP contribution in [0.2, 0.25) is 0 Å². The van der Waals surface area contributed by atoms with Crippen LogP contribution in [0, 0.1) is 13.8 Å². The number of hydrogen-bond donors (Lipinski definition) is 0. The van der Waals surface area contributed by atoms with Gasteiger partial charge in [-0.25, -0.2) is 0 Å². The van der Waals surface area contributed by atoms with Crippen LogP contribution in [-0.4, -0.2) is 32.3 Å². The molecule has 6 heteroatoms. The van der Waals surface area contributed by atoms with Crippen molar-refractivity contribution in [3.05, 3.63) is 35.0 Å². The molecular formula is C16H22N4O2. The third kappa shape index (κ3) is 2.42. The van der Waals surface area contributed by atoms with Crippen molar-refractivity contribution in [2.45, 2.75) is 45.6 Å². The molecule has 0 radical (unpaired) electrons. The van der Waals surface area contributed by atoms with Crippen LogP contribution in [0.4, 0.5) is 0 Å². The lowest BCUT2D eigenvalue weighted by Crippen LogP contribution is -2.34. The van der Waals surface area contributed by atoms with Gasteiger partial charge in [0, 0.05) is 30.9 Å². The summed E-state index contributed by atoms with van der Waals surface area (Å²) in [6.45, 7) is 6.49. The van der Waals surface area contributed by atoms with Gasteiger partial charge in [0.15, 0.2) is 0 Å². The second-order valence-electron chi connectivity index (χ2n) is 6.10. The Kier molecular flexibility index (Phi) is 3.76. The largest absolute Gasteiger partial charge is 0.361 e. The van der Waals surface area contributed by atoms with E-state index in [9.17, 15) is 4.79 Å². The highest BCUT2D eigenvalue weighted by molar-refractivity contribution is 5.84. The monoisotopic (exact) mass is 302 g/mol. The van der Waals surface area contributed by atoms with Crippen molar-refractivity contribution in [1.29, 1.82) is 0 Å². The fourth-order valence-electron chi connectivity index (χ4n) is 3.47. The third-order valence-electron chi connectivity index (χ3n) is 4.54. The molecule has 0 saturated carbocycles. The van der Waals surface area contributed by atoms with Gasteiger partial charge in [-0.15, -0.1) is 0 Å². The van der Waals surface area contributed by atoms with Gasteiger partial charge >= 0.3 is 0 Å². The zero-order chi connectivity index (χ0) is 15.9. The molecule has 1 saturated heterocycles. The number of carbonyl (C=O) groups is 1. The van der Waals surface area contributed by atoms with Gasteiger partial charge < -0.3 is 9.42 Å². The van der Waals surface area contributed by atoms with Crippen LogP contribution < -0.4 is 0 Å². The van der Waals surface area contributed by atoms with Gasteiger partial charge in [-0.1, -0.05) is 5.16 Å². The van der Waals surface area contributed by atoms with E-state index >= 15 is 0 Å². The van der Waals surface area contributed by atoms with Crippen molar-refractivity contribution in [2.75, 3.05) is 6.54 Å². The maximum atomic E-state index is 13.0. The lowest BCUT2D eigenvalue weighted by molar-refractivity contribution is -0.133. The Balaban J connectivity index is 1.84. The summed E-state index contributed by atoms with van der Waals surface area (Å²) in [7, 11) is 1.90. The minimum Gasteiger partial charge on any atom is -0.361 e. The number of rotatable bonds is 3. The van der Waals surface area contributed by atoms with Crippen LogP contribution >= 0.6 is 0 Å². The molecule has 0 bridgehead atoms. The second kappa shape index (κ2) is 5.59. The summed E-state index contributed by atoms with van der Waals surface area (Å²) in [5, 5.41) is 8.20. The maximum Gasteiger partial charge on any atom is 0.230 e. The van der Waals surface area contributed by atoms with Crippen LogP contribution in [0.5, 0.6) is 0 Å². The van der Waals surface area contributed by atoms with E-state index in [-0.39, 0.29) is 17.9 Å². The highest BCUT2D eigenvalue weighted by atomic mass is 16.5. The molecule has 0 spiro atoms. The van der Waals surface area contributed by atoms with E-state index in [1.165, 1.54) is 0 Å². The van der Waals surface area contributed by atoms with E-state index in [0.29, 0.717) is 0 Å². The van der Waals surface area contributed by atoms with Gasteiger partial charge in [-0.2, -0.15) is 5.10 Å². The molecule has 6 nitrogen and oxygen atoms in total. The van der Waals surface area contributed by atoms with Crippen molar-refractivity contribution in [2.24, 2.45) is 7.05 Å². The van der Waals surface area contributed by atoms with E-state index in [0.717, 1.165) is 42.0 Å². The molecule has 3 heterocycles. The molecule has 1 aliphatic rings. The summed E-state index contributed by atoms with van der Waals surface area (Å²) < 4.78 is 7.00. The number of amides is 1. The quantitative estimate of drug-likeness (QED) is 0.874. The Morgan fingerprint density at radius 3 is 2.82 bits per heavy atom. The van der Waals surface area contributed by atoms with E-state index < -0.39 is 0 Å². The number of aryl methyl sites for hydroxylation is 3. The molecule has 0 aromatic carbocycles. The zero-order valence-electron chi connectivity index (χ0n) is 13.5. The van der Waals surface area contributed by atoms with E-state index in [1.807, 2.05) is 45.1 Å². The van der Waals surface area contributed by atoms with Crippen LogP contribution in [-0.2, 0) is 11.8 Å². The number of hydrogen-bond acceptors (Lipinski definition) is 4. The van der Waals surface area contributed by atoms with Crippen molar-refractivity contribution < 1.29 is 9.32 Å². The first-order valence-electron chi connectivity index (χ1n) is 7.71. The first kappa shape index (κ1) is 14.8. The van der Waals surface area contributed by atoms with Crippen molar-refractivity contribution in [3.8, 4) is 0 Å². The molecule has 2 atom stereocenters. The molecule has 2 aromatic rings. The third-order valence-corrected chi connectivity index (χ3v) is 4.54. The average Bonchev–Trinajstić information content (AvgIpc) is 3.18. The van der Waals surface area contributed by atoms with Gasteiger partial charge in [0.2, 0.25) is 5.91 Å². The molecule has 0 N–H and O–H groups in total. The van der Waals surface area contributed by atoms with Crippen LogP contribution in [0.1, 0.15) is 54.3 Å². The van der Waals surface area contributed by atoms with E-state index in [2.05, 4.69) is 10.3 Å². The van der Waals surface area contributed by atoms with Gasteiger partial charge in [-0.3, -0.25) is 9.48 Å². The molecule has 2 aromatic heterocycles. The van der Waals surface area contributed by atoms with E-state index in [4.69, 9.17) is 4.52 Å². The Hall–Kier alpha value is -2.11. The van der Waals surface area contributed by atoms with Crippen molar-refractivity contribution in [1.82, 2.24) is 19.8 Å². The molecule has 0 aliphatic carbocycles. The molecule has 1 aliphatic heterocycles. The van der Waals surface area contributed by atoms with Gasteiger partial charge in [0.25, 0.3) is 0 Å². The van der Waals surface area contributed by atoms with Gasteiger partial charge in [0.05, 0.1) is 23.9 Å². The highest BCUT2D eigenvalue weighted by Gasteiger charge is 2.35. The summed E-state index contributed by atoms with van der Waals surface area (Å²) in [4.78, 5) is 14.9. The fraction of sp³-hybridized carbons (Fsp3) is 0.562. The summed E-state index contributed by atoms with van der Waals surface area (Å²) >= 11 is 0. The van der Waals surface area contributed by atoms with Crippen molar-refractivity contribution in [3.63, 3.8) is 0 Å². The fourth-order valence-corrected chi connectivity index (χ4v) is 3.47. The smallest absolute Gasteiger partial charge is 0.230 e. The van der Waals surface area contributed by atoms with Crippen LogP contribution in [0.25, 0.3) is 0 Å². The highest BCUT2D eigenvalue weighted by Crippen LogP contribution is 2.35. The normalized spacial score (nSPS) is 19.6. The number of likely N-dealkylation sites (tertiary alicyclic amines) is 1. The predicted molar refractivity (Wildman–Crippen MR) is 81.3 cm³/mol. The van der Waals surface area contributed by atoms with Crippen molar-refractivity contribution >= 4 is 5.91 Å². The summed E-state index contributed by atoms with van der Waals surface area (Å²) in [5.74, 6) is 0.639. The van der Waals surface area contributed by atoms with Gasteiger partial charge in [0.1, 0.15) is 5.76 Å². The van der Waals surface area contributed by atoms with E-state index in [1.54, 1.807) is 4.68 Å². The Labute approximate surface area is 130 Å². The van der Waals surface area contributed by atoms with Gasteiger partial charge in [-0.05, 0) is 33.6 Å². The predicted octanol–water partition coefficient (Wildman–Crippen LogP) is 2.49. The summed E-state index contributed by atoms with van der Waals surface area (Å²) in [6, 6.07) is 0.129. The topological polar surface area (TPSA) is 64.2 Å². The molecule has 2 unspecified atom stereocenters. The number of nitrogens with zero attached hydrogens (tertiary/aromatic N) is 4. The first-order valence-corrected chi connectivity index (χ1v) is 7.71.